The third-order valence-corrected chi connectivity index (χ3v) is 5.39. The van der Waals surface area contributed by atoms with Crippen molar-refractivity contribution in [1.82, 2.24) is 4.98 Å². The molecule has 2 aromatic carbocycles. The number of amides is 3. The van der Waals surface area contributed by atoms with Gasteiger partial charge in [0.1, 0.15) is 5.75 Å². The van der Waals surface area contributed by atoms with Crippen LogP contribution in [0.1, 0.15) is 12.8 Å². The lowest BCUT2D eigenvalue weighted by atomic mass is 10.1. The number of fused-ring (bicyclic) bond motifs is 2. The Morgan fingerprint density at radius 3 is 2.74 bits per heavy atom. The molecule has 1 aliphatic carbocycles. The van der Waals surface area contributed by atoms with Gasteiger partial charge in [-0.25, -0.2) is 4.79 Å². The van der Waals surface area contributed by atoms with Gasteiger partial charge in [0.25, 0.3) is 5.91 Å². The average molecular weight is 414 g/mol. The standard InChI is InChI=1S/C24H22N4O3/c29-23-15-31-22-13-19(8-9-21(22)28(23)14-16-4-2-1-3-5-16)27-24(30)26-18-7-6-17-10-11-25-20(17)12-18/h2,4-13,25H,1,3,14-15H2,(H2,26,27,30). The van der Waals surface area contributed by atoms with E-state index in [2.05, 4.69) is 33.8 Å². The summed E-state index contributed by atoms with van der Waals surface area (Å²) in [6, 6.07) is 12.6. The van der Waals surface area contributed by atoms with Gasteiger partial charge in [-0.2, -0.15) is 0 Å². The number of anilines is 3. The number of carbonyl (C=O) groups excluding carboxylic acids is 2. The summed E-state index contributed by atoms with van der Waals surface area (Å²) in [6.45, 7) is 0.496. The van der Waals surface area contributed by atoms with Crippen molar-refractivity contribution in [3.8, 4) is 5.75 Å². The van der Waals surface area contributed by atoms with Gasteiger partial charge in [0.15, 0.2) is 6.61 Å². The molecular weight excluding hydrogens is 392 g/mol. The molecule has 0 fully saturated rings. The second kappa shape index (κ2) is 8.02. The van der Waals surface area contributed by atoms with Crippen LogP contribution in [0.15, 0.2) is 72.5 Å². The van der Waals surface area contributed by atoms with E-state index in [-0.39, 0.29) is 18.5 Å². The molecule has 3 N–H and O–H groups in total. The molecule has 1 aromatic heterocycles. The Hall–Kier alpha value is -4.00. The summed E-state index contributed by atoms with van der Waals surface area (Å²) in [6.07, 6.45) is 10.2. The highest BCUT2D eigenvalue weighted by Crippen LogP contribution is 2.35. The SMILES string of the molecule is O=C(Nc1ccc2c(c1)OCC(=O)N2CC1=CCCC=C1)Nc1ccc2cc[nH]c2c1. The topological polar surface area (TPSA) is 86.5 Å². The minimum absolute atomic E-state index is 0.0181. The van der Waals surface area contributed by atoms with Crippen LogP contribution < -0.4 is 20.3 Å². The van der Waals surface area contributed by atoms with Crippen molar-refractivity contribution in [2.24, 2.45) is 0 Å². The zero-order valence-corrected chi connectivity index (χ0v) is 16.9. The van der Waals surface area contributed by atoms with Crippen molar-refractivity contribution >= 4 is 39.9 Å². The average Bonchev–Trinajstić information content (AvgIpc) is 3.24. The normalized spacial score (nSPS) is 15.3. The fourth-order valence-electron chi connectivity index (χ4n) is 3.84. The zero-order chi connectivity index (χ0) is 21.2. The van der Waals surface area contributed by atoms with Gasteiger partial charge < -0.3 is 25.3 Å². The van der Waals surface area contributed by atoms with E-state index in [1.165, 1.54) is 0 Å². The van der Waals surface area contributed by atoms with E-state index in [1.807, 2.05) is 30.5 Å². The maximum atomic E-state index is 12.5. The molecule has 2 heterocycles. The number of urea groups is 1. The van der Waals surface area contributed by atoms with Gasteiger partial charge in [0, 0.05) is 29.2 Å². The summed E-state index contributed by atoms with van der Waals surface area (Å²) in [5.74, 6) is 0.496. The number of allylic oxidation sites excluding steroid dienone is 2. The number of benzene rings is 2. The molecule has 0 atom stereocenters. The number of aromatic nitrogens is 1. The lowest BCUT2D eigenvalue weighted by Crippen LogP contribution is -2.40. The number of hydrogen-bond donors (Lipinski definition) is 3. The summed E-state index contributed by atoms with van der Waals surface area (Å²) in [4.78, 5) is 29.7. The highest BCUT2D eigenvalue weighted by atomic mass is 16.5. The Bertz CT molecular complexity index is 1220. The van der Waals surface area contributed by atoms with Crippen molar-refractivity contribution in [2.45, 2.75) is 12.8 Å². The molecule has 0 saturated carbocycles. The van der Waals surface area contributed by atoms with E-state index in [4.69, 9.17) is 4.74 Å². The molecule has 7 nitrogen and oxygen atoms in total. The van der Waals surface area contributed by atoms with Gasteiger partial charge in [-0.15, -0.1) is 0 Å². The number of hydrogen-bond acceptors (Lipinski definition) is 3. The van der Waals surface area contributed by atoms with Gasteiger partial charge in [0.2, 0.25) is 0 Å². The fourth-order valence-corrected chi connectivity index (χ4v) is 3.84. The molecular formula is C24H22N4O3. The van der Waals surface area contributed by atoms with E-state index < -0.39 is 0 Å². The molecule has 0 spiro atoms. The van der Waals surface area contributed by atoms with Crippen molar-refractivity contribution in [3.63, 3.8) is 0 Å². The van der Waals surface area contributed by atoms with Crippen LogP contribution in [0, 0.1) is 0 Å². The van der Waals surface area contributed by atoms with Crippen molar-refractivity contribution in [2.75, 3.05) is 28.7 Å². The van der Waals surface area contributed by atoms with Gasteiger partial charge in [-0.05, 0) is 54.1 Å². The van der Waals surface area contributed by atoms with Gasteiger partial charge in [-0.3, -0.25) is 4.79 Å². The fraction of sp³-hybridized carbons (Fsp3) is 0.167. The molecule has 3 amide bonds. The summed E-state index contributed by atoms with van der Waals surface area (Å²) in [7, 11) is 0. The number of rotatable bonds is 4. The first kappa shape index (κ1) is 19.0. The molecule has 0 unspecified atom stereocenters. The first-order valence-corrected chi connectivity index (χ1v) is 10.2. The molecule has 0 bridgehead atoms. The van der Waals surface area contributed by atoms with E-state index in [9.17, 15) is 9.59 Å². The van der Waals surface area contributed by atoms with Crippen LogP contribution in [0.3, 0.4) is 0 Å². The molecule has 0 saturated heterocycles. The largest absolute Gasteiger partial charge is 0.481 e. The smallest absolute Gasteiger partial charge is 0.323 e. The second-order valence-corrected chi connectivity index (χ2v) is 7.57. The minimum atomic E-state index is -0.355. The van der Waals surface area contributed by atoms with Crippen LogP contribution in [-0.2, 0) is 4.79 Å². The van der Waals surface area contributed by atoms with E-state index in [1.54, 1.807) is 23.1 Å². The molecule has 0 radical (unpaired) electrons. The predicted molar refractivity (Wildman–Crippen MR) is 122 cm³/mol. The van der Waals surface area contributed by atoms with Crippen LogP contribution in [-0.4, -0.2) is 30.1 Å². The molecule has 3 aromatic rings. The molecule has 1 aliphatic heterocycles. The molecule has 2 aliphatic rings. The van der Waals surface area contributed by atoms with Gasteiger partial charge in [0.05, 0.1) is 12.2 Å². The lowest BCUT2D eigenvalue weighted by molar-refractivity contribution is -0.121. The Morgan fingerprint density at radius 1 is 1.06 bits per heavy atom. The Kier molecular flexibility index (Phi) is 4.92. The van der Waals surface area contributed by atoms with Gasteiger partial charge >= 0.3 is 6.03 Å². The maximum absolute atomic E-state index is 12.5. The van der Waals surface area contributed by atoms with Crippen LogP contribution >= 0.6 is 0 Å². The van der Waals surface area contributed by atoms with Gasteiger partial charge in [-0.1, -0.05) is 24.3 Å². The number of ether oxygens (including phenoxy) is 1. The highest BCUT2D eigenvalue weighted by Gasteiger charge is 2.26. The molecule has 5 rings (SSSR count). The minimum Gasteiger partial charge on any atom is -0.481 e. The zero-order valence-electron chi connectivity index (χ0n) is 16.9. The second-order valence-electron chi connectivity index (χ2n) is 7.57. The van der Waals surface area contributed by atoms with Crippen molar-refractivity contribution in [3.05, 3.63) is 72.5 Å². The predicted octanol–water partition coefficient (Wildman–Crippen LogP) is 4.81. The van der Waals surface area contributed by atoms with E-state index in [0.717, 1.165) is 29.3 Å². The Labute approximate surface area is 179 Å². The first-order valence-electron chi connectivity index (χ1n) is 10.2. The number of aromatic amines is 1. The summed E-state index contributed by atoms with van der Waals surface area (Å²) in [5, 5.41) is 6.74. The van der Waals surface area contributed by atoms with Crippen LogP contribution in [0.25, 0.3) is 10.9 Å². The number of nitrogens with zero attached hydrogens (tertiary/aromatic N) is 1. The summed E-state index contributed by atoms with van der Waals surface area (Å²) < 4.78 is 5.63. The maximum Gasteiger partial charge on any atom is 0.323 e. The number of nitrogens with one attached hydrogen (secondary N) is 3. The quantitative estimate of drug-likeness (QED) is 0.572. The Morgan fingerprint density at radius 2 is 1.90 bits per heavy atom. The Balaban J connectivity index is 1.29. The van der Waals surface area contributed by atoms with E-state index >= 15 is 0 Å². The molecule has 7 heteroatoms. The number of H-pyrrole nitrogens is 1. The van der Waals surface area contributed by atoms with Crippen LogP contribution in [0.2, 0.25) is 0 Å². The van der Waals surface area contributed by atoms with Crippen molar-refractivity contribution < 1.29 is 14.3 Å². The first-order chi connectivity index (χ1) is 15.2. The van der Waals surface area contributed by atoms with Crippen LogP contribution in [0.5, 0.6) is 5.75 Å². The lowest BCUT2D eigenvalue weighted by Gasteiger charge is -2.30. The van der Waals surface area contributed by atoms with E-state index in [0.29, 0.717) is 29.4 Å². The highest BCUT2D eigenvalue weighted by molar-refractivity contribution is 6.02. The number of carbonyl (C=O) groups is 2. The summed E-state index contributed by atoms with van der Waals surface area (Å²) >= 11 is 0. The third kappa shape index (κ3) is 4.02. The third-order valence-electron chi connectivity index (χ3n) is 5.39. The van der Waals surface area contributed by atoms with Crippen molar-refractivity contribution in [1.29, 1.82) is 0 Å². The monoisotopic (exact) mass is 414 g/mol. The molecule has 156 valence electrons. The summed E-state index contributed by atoms with van der Waals surface area (Å²) in [5.41, 5.74) is 4.05. The van der Waals surface area contributed by atoms with Crippen LogP contribution in [0.4, 0.5) is 21.9 Å². The molecule has 31 heavy (non-hydrogen) atoms.